The fourth-order valence-corrected chi connectivity index (χ4v) is 2.53. The predicted octanol–water partition coefficient (Wildman–Crippen LogP) is 3.38. The first-order valence-electron chi connectivity index (χ1n) is 9.12. The highest BCUT2D eigenvalue weighted by Gasteiger charge is 2.55. The van der Waals surface area contributed by atoms with Gasteiger partial charge in [-0.25, -0.2) is 19.8 Å². The van der Waals surface area contributed by atoms with Crippen LogP contribution < -0.4 is 5.43 Å². The number of rotatable bonds is 2. The van der Waals surface area contributed by atoms with Crippen LogP contribution in [-0.2, 0) is 19.1 Å². The zero-order valence-electron chi connectivity index (χ0n) is 17.7. The maximum atomic E-state index is 12.9. The molecule has 1 aromatic carbocycles. The minimum absolute atomic E-state index is 0.144. The number of hydrogen-bond donors (Lipinski definition) is 1. The van der Waals surface area contributed by atoms with Crippen molar-refractivity contribution < 1.29 is 28.7 Å². The van der Waals surface area contributed by atoms with Crippen LogP contribution >= 0.6 is 0 Å². The van der Waals surface area contributed by atoms with E-state index in [9.17, 15) is 14.4 Å². The Labute approximate surface area is 169 Å². The van der Waals surface area contributed by atoms with E-state index < -0.39 is 34.9 Å². The average Bonchev–Trinajstić information content (AvgIpc) is 2.86. The van der Waals surface area contributed by atoms with Crippen molar-refractivity contribution in [3.05, 3.63) is 35.9 Å². The van der Waals surface area contributed by atoms with E-state index in [4.69, 9.17) is 14.3 Å². The van der Waals surface area contributed by atoms with Crippen LogP contribution in [-0.4, -0.2) is 45.6 Å². The monoisotopic (exact) mass is 405 g/mol. The second kappa shape index (κ2) is 7.73. The Morgan fingerprint density at radius 3 is 2.10 bits per heavy atom. The third-order valence-corrected chi connectivity index (χ3v) is 3.75. The molecule has 0 bridgehead atoms. The lowest BCUT2D eigenvalue weighted by atomic mass is 9.90. The van der Waals surface area contributed by atoms with E-state index in [1.165, 1.54) is 6.92 Å². The van der Waals surface area contributed by atoms with Crippen LogP contribution in [0.4, 0.5) is 9.59 Å². The summed E-state index contributed by atoms with van der Waals surface area (Å²) < 4.78 is 10.6. The molecule has 0 aromatic heterocycles. The largest absolute Gasteiger partial charge is 0.443 e. The van der Waals surface area contributed by atoms with Gasteiger partial charge >= 0.3 is 18.2 Å². The summed E-state index contributed by atoms with van der Waals surface area (Å²) in [5.41, 5.74) is -0.471. The van der Waals surface area contributed by atoms with Gasteiger partial charge in [-0.3, -0.25) is 0 Å². The first-order valence-corrected chi connectivity index (χ1v) is 9.12. The third kappa shape index (κ3) is 5.24. The molecule has 158 valence electrons. The van der Waals surface area contributed by atoms with Gasteiger partial charge in [-0.15, -0.1) is 0 Å². The second-order valence-corrected chi connectivity index (χ2v) is 8.69. The fourth-order valence-electron chi connectivity index (χ4n) is 2.53. The normalized spacial score (nSPS) is 19.1. The summed E-state index contributed by atoms with van der Waals surface area (Å²) in [6, 6.07) is 8.71. The zero-order chi connectivity index (χ0) is 22.0. The van der Waals surface area contributed by atoms with E-state index in [1.807, 2.05) is 0 Å². The third-order valence-electron chi connectivity index (χ3n) is 3.75. The van der Waals surface area contributed by atoms with Gasteiger partial charge in [0.25, 0.3) is 0 Å². The van der Waals surface area contributed by atoms with Gasteiger partial charge in [0.15, 0.2) is 0 Å². The summed E-state index contributed by atoms with van der Waals surface area (Å²) >= 11 is 0. The number of hydrazine groups is 1. The van der Waals surface area contributed by atoms with Crippen molar-refractivity contribution in [2.75, 3.05) is 0 Å². The van der Waals surface area contributed by atoms with Crippen molar-refractivity contribution in [1.82, 2.24) is 10.4 Å². The molecule has 9 heteroatoms. The van der Waals surface area contributed by atoms with Crippen LogP contribution in [0.15, 0.2) is 35.5 Å². The van der Waals surface area contributed by atoms with Crippen molar-refractivity contribution in [3.63, 3.8) is 0 Å². The van der Waals surface area contributed by atoms with Gasteiger partial charge in [0.2, 0.25) is 5.54 Å². The standard InChI is InChI=1S/C20H27N3O6/c1-18(2,3)27-16(25)21-23(17(26)28-19(4,5)6)20(7)14(22-29-15(20)24)13-11-9-8-10-12-13/h8-12H,1-7H3,(H,21,25). The highest BCUT2D eigenvalue weighted by Crippen LogP contribution is 2.29. The number of ether oxygens (including phenoxy) is 2. The van der Waals surface area contributed by atoms with Crippen molar-refractivity contribution in [2.45, 2.75) is 65.2 Å². The second-order valence-electron chi connectivity index (χ2n) is 8.69. The van der Waals surface area contributed by atoms with Crippen molar-refractivity contribution >= 4 is 23.9 Å². The Balaban J connectivity index is 2.47. The van der Waals surface area contributed by atoms with E-state index >= 15 is 0 Å². The zero-order valence-corrected chi connectivity index (χ0v) is 17.7. The Morgan fingerprint density at radius 2 is 1.59 bits per heavy atom. The van der Waals surface area contributed by atoms with E-state index in [1.54, 1.807) is 71.9 Å². The van der Waals surface area contributed by atoms with Gasteiger partial charge in [-0.05, 0) is 48.5 Å². The molecular weight excluding hydrogens is 378 g/mol. The van der Waals surface area contributed by atoms with Gasteiger partial charge in [-0.2, -0.15) is 5.01 Å². The first-order chi connectivity index (χ1) is 13.2. The molecule has 0 spiro atoms. The SMILES string of the molecule is CC(C)(C)OC(=O)NN(C(=O)OC(C)(C)C)C1(C)C(=O)ON=C1c1ccccc1. The number of nitrogens with one attached hydrogen (secondary N) is 1. The van der Waals surface area contributed by atoms with Crippen LogP contribution in [0.25, 0.3) is 0 Å². The molecular formula is C20H27N3O6. The quantitative estimate of drug-likeness (QED) is 0.597. The minimum Gasteiger partial charge on any atom is -0.443 e. The summed E-state index contributed by atoms with van der Waals surface area (Å²) in [6.45, 7) is 11.4. The van der Waals surface area contributed by atoms with Gasteiger partial charge < -0.3 is 14.3 Å². The lowest BCUT2D eigenvalue weighted by molar-refractivity contribution is -0.150. The first kappa shape index (κ1) is 22.2. The number of nitrogens with zero attached hydrogens (tertiary/aromatic N) is 2. The summed E-state index contributed by atoms with van der Waals surface area (Å²) in [5, 5.41) is 4.60. The van der Waals surface area contributed by atoms with E-state index in [2.05, 4.69) is 10.6 Å². The van der Waals surface area contributed by atoms with E-state index in [0.29, 0.717) is 5.56 Å². The number of amides is 2. The molecule has 1 heterocycles. The van der Waals surface area contributed by atoms with Crippen LogP contribution in [0.3, 0.4) is 0 Å². The Bertz CT molecular complexity index is 823. The molecule has 0 radical (unpaired) electrons. The number of benzene rings is 1. The van der Waals surface area contributed by atoms with Crippen molar-refractivity contribution in [1.29, 1.82) is 0 Å². The van der Waals surface area contributed by atoms with Crippen LogP contribution in [0.5, 0.6) is 0 Å². The summed E-state index contributed by atoms with van der Waals surface area (Å²) in [7, 11) is 0. The highest BCUT2D eigenvalue weighted by molar-refractivity contribution is 6.22. The number of carbonyl (C=O) groups excluding carboxylic acids is 3. The number of hydrogen-bond acceptors (Lipinski definition) is 7. The molecule has 1 atom stereocenters. The lowest BCUT2D eigenvalue weighted by Crippen LogP contribution is -2.65. The van der Waals surface area contributed by atoms with Gasteiger partial charge in [0.1, 0.15) is 16.9 Å². The Morgan fingerprint density at radius 1 is 1.03 bits per heavy atom. The van der Waals surface area contributed by atoms with Crippen molar-refractivity contribution in [3.8, 4) is 0 Å². The molecule has 0 fully saturated rings. The van der Waals surface area contributed by atoms with Crippen LogP contribution in [0.1, 0.15) is 54.0 Å². The minimum atomic E-state index is -1.78. The molecule has 1 aliphatic rings. The molecule has 1 unspecified atom stereocenters. The number of oxime groups is 1. The maximum Gasteiger partial charge on any atom is 0.430 e. The molecule has 1 aliphatic heterocycles. The predicted molar refractivity (Wildman–Crippen MR) is 105 cm³/mol. The van der Waals surface area contributed by atoms with Crippen LogP contribution in [0, 0.1) is 0 Å². The van der Waals surface area contributed by atoms with Crippen LogP contribution in [0.2, 0.25) is 0 Å². The fraction of sp³-hybridized carbons (Fsp3) is 0.500. The maximum absolute atomic E-state index is 12.9. The summed E-state index contributed by atoms with van der Waals surface area (Å²) in [6.07, 6.45) is -1.90. The van der Waals surface area contributed by atoms with Gasteiger partial charge in [0.05, 0.1) is 0 Å². The van der Waals surface area contributed by atoms with E-state index in [0.717, 1.165) is 5.01 Å². The van der Waals surface area contributed by atoms with Gasteiger partial charge in [-0.1, -0.05) is 35.5 Å². The van der Waals surface area contributed by atoms with E-state index in [-0.39, 0.29) is 5.71 Å². The molecule has 0 saturated carbocycles. The topological polar surface area (TPSA) is 107 Å². The molecule has 1 N–H and O–H groups in total. The Kier molecular flexibility index (Phi) is 5.91. The van der Waals surface area contributed by atoms with Gasteiger partial charge in [0, 0.05) is 5.56 Å². The highest BCUT2D eigenvalue weighted by atomic mass is 16.7. The Hall–Kier alpha value is -3.10. The summed E-state index contributed by atoms with van der Waals surface area (Å²) in [5.74, 6) is -0.849. The molecule has 9 nitrogen and oxygen atoms in total. The molecule has 0 saturated heterocycles. The lowest BCUT2D eigenvalue weighted by Gasteiger charge is -2.36. The van der Waals surface area contributed by atoms with Crippen molar-refractivity contribution in [2.24, 2.45) is 5.16 Å². The smallest absolute Gasteiger partial charge is 0.430 e. The molecule has 1 aromatic rings. The number of carbonyl (C=O) groups is 3. The average molecular weight is 405 g/mol. The molecule has 29 heavy (non-hydrogen) atoms. The molecule has 2 amide bonds. The molecule has 2 rings (SSSR count). The summed E-state index contributed by atoms with van der Waals surface area (Å²) in [4.78, 5) is 42.9. The molecule has 0 aliphatic carbocycles.